The van der Waals surface area contributed by atoms with Gasteiger partial charge in [0.05, 0.1) is 18.8 Å². The first-order valence-corrected chi connectivity index (χ1v) is 23.0. The van der Waals surface area contributed by atoms with Crippen LogP contribution in [0.2, 0.25) is 0 Å². The lowest BCUT2D eigenvalue weighted by Crippen LogP contribution is -2.29. The third kappa shape index (κ3) is 41.4. The van der Waals surface area contributed by atoms with Gasteiger partial charge in [0.2, 0.25) is 0 Å². The lowest BCUT2D eigenvalue weighted by molar-refractivity contribution is -0.161. The summed E-state index contributed by atoms with van der Waals surface area (Å²) in [5.74, 6) is -0.297. The van der Waals surface area contributed by atoms with Crippen LogP contribution in [-0.2, 0) is 28.2 Å². The van der Waals surface area contributed by atoms with E-state index in [2.05, 4.69) is 31.4 Å². The Kier molecular flexibility index (Phi) is 36.1. The topological polar surface area (TPSA) is 160 Å². The van der Waals surface area contributed by atoms with Gasteiger partial charge >= 0.3 is 19.8 Å². The lowest BCUT2D eigenvalue weighted by atomic mass is 10.0. The number of allylic oxidation sites excluding steroid dienone is 5. The highest BCUT2D eigenvalue weighted by Gasteiger charge is 2.23. The number of aliphatic hydroxyl groups is 2. The van der Waals surface area contributed by atoms with Crippen LogP contribution in [0.4, 0.5) is 0 Å². The van der Waals surface area contributed by atoms with Crippen molar-refractivity contribution >= 4 is 19.8 Å². The standard InChI is InChI=1S/C44H79O10P/c1-4-5-6-7-20-25-31-40(45)32-26-22-23-27-33-41(46)34-29-36-44(48)54-42(38-53-55(49,50)51)37-52-43(47)35-28-21-18-16-14-12-10-8-9-11-13-15-17-19-24-30-39(2)3/h20,22-23,25-27,32-33,39-42,45-46H,4-19,21,24,28-31,34-38H2,1-3H3,(H2,49,50,51)/b23-22+,25-20-,32-26+,33-27-/t40-,41-,42+/m0/s1. The van der Waals surface area contributed by atoms with Crippen LogP contribution in [0, 0.1) is 5.92 Å². The van der Waals surface area contributed by atoms with Gasteiger partial charge in [-0.2, -0.15) is 0 Å². The van der Waals surface area contributed by atoms with Gasteiger partial charge in [0.1, 0.15) is 6.61 Å². The summed E-state index contributed by atoms with van der Waals surface area (Å²) in [5.41, 5.74) is 0. The molecule has 0 fully saturated rings. The second-order valence-corrected chi connectivity index (χ2v) is 16.4. The molecule has 55 heavy (non-hydrogen) atoms. The number of hydrogen-bond acceptors (Lipinski definition) is 8. The molecular weight excluding hydrogens is 719 g/mol. The number of carbonyl (C=O) groups excluding carboxylic acids is 2. The Morgan fingerprint density at radius 1 is 0.600 bits per heavy atom. The van der Waals surface area contributed by atoms with E-state index in [-0.39, 0.29) is 25.9 Å². The third-order valence-electron chi connectivity index (χ3n) is 9.22. The van der Waals surface area contributed by atoms with E-state index in [0.717, 1.165) is 31.6 Å². The Balaban J connectivity index is 4.14. The van der Waals surface area contributed by atoms with Crippen LogP contribution >= 0.6 is 7.82 Å². The summed E-state index contributed by atoms with van der Waals surface area (Å²) >= 11 is 0. The van der Waals surface area contributed by atoms with E-state index in [0.29, 0.717) is 19.3 Å². The van der Waals surface area contributed by atoms with E-state index in [9.17, 15) is 24.4 Å². The average molecular weight is 799 g/mol. The minimum absolute atomic E-state index is 0.0481. The summed E-state index contributed by atoms with van der Waals surface area (Å²) in [5, 5.41) is 20.2. The molecule has 0 rings (SSSR count). The Morgan fingerprint density at radius 2 is 1.13 bits per heavy atom. The van der Waals surface area contributed by atoms with Gasteiger partial charge in [-0.25, -0.2) is 4.57 Å². The third-order valence-corrected chi connectivity index (χ3v) is 9.70. The zero-order chi connectivity index (χ0) is 40.8. The van der Waals surface area contributed by atoms with E-state index in [1.165, 1.54) is 96.3 Å². The number of unbranched alkanes of at least 4 members (excludes halogenated alkanes) is 17. The number of rotatable bonds is 38. The summed E-state index contributed by atoms with van der Waals surface area (Å²) in [6, 6.07) is 0. The van der Waals surface area contributed by atoms with Crippen LogP contribution in [-0.4, -0.2) is 63.5 Å². The first-order chi connectivity index (χ1) is 26.4. The van der Waals surface area contributed by atoms with Crippen LogP contribution in [0.5, 0.6) is 0 Å². The van der Waals surface area contributed by atoms with Gasteiger partial charge in [-0.15, -0.1) is 0 Å². The zero-order valence-corrected chi connectivity index (χ0v) is 35.6. The molecular formula is C44H79O10P. The molecule has 0 aliphatic rings. The summed E-state index contributed by atoms with van der Waals surface area (Å²) < 4.78 is 26.2. The fourth-order valence-corrected chi connectivity index (χ4v) is 6.29. The summed E-state index contributed by atoms with van der Waals surface area (Å²) in [7, 11) is -4.82. The number of esters is 2. The summed E-state index contributed by atoms with van der Waals surface area (Å²) in [6.45, 7) is 5.77. The Bertz CT molecular complexity index is 1080. The van der Waals surface area contributed by atoms with Crippen molar-refractivity contribution in [2.75, 3.05) is 13.2 Å². The highest BCUT2D eigenvalue weighted by molar-refractivity contribution is 7.46. The van der Waals surface area contributed by atoms with Gasteiger partial charge in [0.25, 0.3) is 0 Å². The van der Waals surface area contributed by atoms with E-state index < -0.39 is 44.7 Å². The largest absolute Gasteiger partial charge is 0.469 e. The molecule has 10 nitrogen and oxygen atoms in total. The fourth-order valence-electron chi connectivity index (χ4n) is 5.93. The van der Waals surface area contributed by atoms with Gasteiger partial charge in [0, 0.05) is 12.8 Å². The van der Waals surface area contributed by atoms with Crippen LogP contribution in [0.3, 0.4) is 0 Å². The number of hydrogen-bond donors (Lipinski definition) is 4. The van der Waals surface area contributed by atoms with E-state index >= 15 is 0 Å². The highest BCUT2D eigenvalue weighted by atomic mass is 31.2. The molecule has 0 saturated carbocycles. The van der Waals surface area contributed by atoms with Crippen molar-refractivity contribution < 1.29 is 48.2 Å². The number of phosphoric acid groups is 1. The molecule has 0 heterocycles. The zero-order valence-electron chi connectivity index (χ0n) is 34.7. The van der Waals surface area contributed by atoms with Gasteiger partial charge in [-0.3, -0.25) is 14.1 Å². The van der Waals surface area contributed by atoms with Crippen LogP contribution in [0.1, 0.15) is 181 Å². The molecule has 0 amide bonds. The second kappa shape index (κ2) is 37.5. The maximum atomic E-state index is 12.4. The fraction of sp³-hybridized carbons (Fsp3) is 0.773. The number of phosphoric ester groups is 1. The molecule has 0 spiro atoms. The predicted molar refractivity (Wildman–Crippen MR) is 223 cm³/mol. The molecule has 0 aliphatic carbocycles. The van der Waals surface area contributed by atoms with Crippen molar-refractivity contribution in [3.8, 4) is 0 Å². The van der Waals surface area contributed by atoms with E-state index in [1.807, 2.05) is 6.08 Å². The lowest BCUT2D eigenvalue weighted by Gasteiger charge is -2.18. The molecule has 0 saturated heterocycles. The summed E-state index contributed by atoms with van der Waals surface area (Å²) in [4.78, 5) is 42.9. The maximum Gasteiger partial charge on any atom is 0.469 e. The van der Waals surface area contributed by atoms with Crippen molar-refractivity contribution in [3.63, 3.8) is 0 Å². The molecule has 11 heteroatoms. The quantitative estimate of drug-likeness (QED) is 0.0156. The molecule has 0 radical (unpaired) electrons. The molecule has 0 aromatic rings. The van der Waals surface area contributed by atoms with Crippen LogP contribution in [0.15, 0.2) is 48.6 Å². The van der Waals surface area contributed by atoms with Crippen molar-refractivity contribution in [1.82, 2.24) is 0 Å². The molecule has 4 N–H and O–H groups in total. The van der Waals surface area contributed by atoms with Crippen molar-refractivity contribution in [1.29, 1.82) is 0 Å². The monoisotopic (exact) mass is 799 g/mol. The van der Waals surface area contributed by atoms with Crippen molar-refractivity contribution in [2.24, 2.45) is 5.92 Å². The number of aliphatic hydroxyl groups excluding tert-OH is 2. The molecule has 320 valence electrons. The molecule has 0 aliphatic heterocycles. The van der Waals surface area contributed by atoms with Gasteiger partial charge in [0.15, 0.2) is 6.10 Å². The average Bonchev–Trinajstić information content (AvgIpc) is 3.13. The van der Waals surface area contributed by atoms with Crippen molar-refractivity contribution in [2.45, 2.75) is 200 Å². The van der Waals surface area contributed by atoms with Gasteiger partial charge < -0.3 is 29.5 Å². The Hall–Kier alpha value is -2.07. The molecule has 0 unspecified atom stereocenters. The first kappa shape index (κ1) is 52.9. The second-order valence-electron chi connectivity index (χ2n) is 15.2. The highest BCUT2D eigenvalue weighted by Crippen LogP contribution is 2.36. The van der Waals surface area contributed by atoms with Crippen LogP contribution < -0.4 is 0 Å². The van der Waals surface area contributed by atoms with E-state index in [4.69, 9.17) is 19.3 Å². The van der Waals surface area contributed by atoms with Gasteiger partial charge in [-0.1, -0.05) is 179 Å². The number of carbonyl (C=O) groups is 2. The SMILES string of the molecule is CCCCC/C=C\C[C@H](O)/C=C/C=C/C=C\[C@H](O)CCCC(=O)O[C@H](COC(=O)CCCCCCCCCCCCCCCCCC(C)C)COP(=O)(O)O. The first-order valence-electron chi connectivity index (χ1n) is 21.5. The van der Waals surface area contributed by atoms with E-state index in [1.54, 1.807) is 36.5 Å². The smallest absolute Gasteiger partial charge is 0.462 e. The molecule has 0 aromatic carbocycles. The summed E-state index contributed by atoms with van der Waals surface area (Å²) in [6.07, 6.45) is 37.5. The maximum absolute atomic E-state index is 12.4. The minimum Gasteiger partial charge on any atom is -0.462 e. The minimum atomic E-state index is -4.82. The predicted octanol–water partition coefficient (Wildman–Crippen LogP) is 10.9. The normalized spacial score (nSPS) is 14.2. The molecule has 3 atom stereocenters. The van der Waals surface area contributed by atoms with Gasteiger partial charge in [-0.05, 0) is 44.4 Å². The molecule has 0 aromatic heterocycles. The number of ether oxygens (including phenoxy) is 2. The van der Waals surface area contributed by atoms with Crippen molar-refractivity contribution in [3.05, 3.63) is 48.6 Å². The Labute approximate surface area is 334 Å². The van der Waals surface area contributed by atoms with Crippen LogP contribution in [0.25, 0.3) is 0 Å². The molecule has 0 bridgehead atoms. The Morgan fingerprint density at radius 3 is 1.67 bits per heavy atom.